The first-order chi connectivity index (χ1) is 8.70. The van der Waals surface area contributed by atoms with Gasteiger partial charge >= 0.3 is 0 Å². The molecule has 3 N–H and O–H groups in total. The van der Waals surface area contributed by atoms with Gasteiger partial charge < -0.3 is 11.1 Å². The first-order valence-electron chi connectivity index (χ1n) is 5.47. The van der Waals surface area contributed by atoms with Crippen molar-refractivity contribution >= 4 is 23.0 Å². The van der Waals surface area contributed by atoms with Crippen LogP contribution in [0.3, 0.4) is 0 Å². The SMILES string of the molecule is N#Cc1cc(Cl)ccc1NCc1ccccc1N. The lowest BCUT2D eigenvalue weighted by molar-refractivity contribution is 1.15. The number of nitrogens with one attached hydrogen (secondary N) is 1. The number of nitrogens with zero attached hydrogens (tertiary/aromatic N) is 1. The lowest BCUT2D eigenvalue weighted by Crippen LogP contribution is -2.03. The Labute approximate surface area is 111 Å². The Morgan fingerprint density at radius 3 is 2.72 bits per heavy atom. The van der Waals surface area contributed by atoms with Gasteiger partial charge in [-0.15, -0.1) is 0 Å². The number of benzene rings is 2. The van der Waals surface area contributed by atoms with Gasteiger partial charge in [-0.25, -0.2) is 0 Å². The molecule has 0 amide bonds. The van der Waals surface area contributed by atoms with E-state index in [1.807, 2.05) is 24.3 Å². The Bertz CT molecular complexity index is 602. The van der Waals surface area contributed by atoms with E-state index in [4.69, 9.17) is 22.6 Å². The van der Waals surface area contributed by atoms with Gasteiger partial charge in [0.05, 0.1) is 11.3 Å². The zero-order chi connectivity index (χ0) is 13.0. The maximum absolute atomic E-state index is 9.02. The van der Waals surface area contributed by atoms with Crippen LogP contribution in [0.2, 0.25) is 5.02 Å². The van der Waals surface area contributed by atoms with Crippen molar-refractivity contribution in [1.29, 1.82) is 5.26 Å². The minimum atomic E-state index is 0.525. The van der Waals surface area contributed by atoms with E-state index < -0.39 is 0 Å². The van der Waals surface area contributed by atoms with Crippen molar-refractivity contribution < 1.29 is 0 Å². The van der Waals surface area contributed by atoms with Gasteiger partial charge in [0.15, 0.2) is 0 Å². The van der Waals surface area contributed by atoms with Gasteiger partial charge in [-0.2, -0.15) is 5.26 Å². The van der Waals surface area contributed by atoms with Crippen molar-refractivity contribution in [3.05, 3.63) is 58.6 Å². The van der Waals surface area contributed by atoms with E-state index in [2.05, 4.69) is 11.4 Å². The first-order valence-corrected chi connectivity index (χ1v) is 5.85. The number of hydrogen-bond donors (Lipinski definition) is 2. The second kappa shape index (κ2) is 5.44. The molecule has 4 heteroatoms. The van der Waals surface area contributed by atoms with E-state index >= 15 is 0 Å². The molecule has 0 radical (unpaired) electrons. The molecule has 0 saturated carbocycles. The highest BCUT2D eigenvalue weighted by Gasteiger charge is 2.03. The van der Waals surface area contributed by atoms with E-state index in [1.54, 1.807) is 18.2 Å². The third-order valence-electron chi connectivity index (χ3n) is 2.63. The Kier molecular flexibility index (Phi) is 3.71. The summed E-state index contributed by atoms with van der Waals surface area (Å²) in [6, 6.07) is 14.9. The fourth-order valence-electron chi connectivity index (χ4n) is 1.65. The molecule has 0 bridgehead atoms. The molecule has 2 aromatic rings. The number of para-hydroxylation sites is 1. The summed E-state index contributed by atoms with van der Waals surface area (Å²) in [5.74, 6) is 0. The lowest BCUT2D eigenvalue weighted by Gasteiger charge is -2.10. The molecule has 0 atom stereocenters. The molecule has 0 aliphatic carbocycles. The van der Waals surface area contributed by atoms with Crippen LogP contribution in [0.15, 0.2) is 42.5 Å². The summed E-state index contributed by atoms with van der Waals surface area (Å²) >= 11 is 5.84. The zero-order valence-corrected chi connectivity index (χ0v) is 10.4. The summed E-state index contributed by atoms with van der Waals surface area (Å²) in [5, 5.41) is 12.8. The molecule has 0 fully saturated rings. The predicted octanol–water partition coefficient (Wildman–Crippen LogP) is 3.41. The average molecular weight is 258 g/mol. The number of nitrogen functional groups attached to an aromatic ring is 1. The van der Waals surface area contributed by atoms with E-state index in [1.165, 1.54) is 0 Å². The summed E-state index contributed by atoms with van der Waals surface area (Å²) in [7, 11) is 0. The predicted molar refractivity (Wildman–Crippen MR) is 74.3 cm³/mol. The summed E-state index contributed by atoms with van der Waals surface area (Å²) in [4.78, 5) is 0. The summed E-state index contributed by atoms with van der Waals surface area (Å²) in [5.41, 5.74) is 8.86. The van der Waals surface area contributed by atoms with E-state index in [0.717, 1.165) is 16.9 Å². The topological polar surface area (TPSA) is 61.8 Å². The van der Waals surface area contributed by atoms with Gasteiger partial charge in [-0.3, -0.25) is 0 Å². The fraction of sp³-hybridized carbons (Fsp3) is 0.0714. The number of nitrogens with two attached hydrogens (primary N) is 1. The molecule has 18 heavy (non-hydrogen) atoms. The second-order valence-corrected chi connectivity index (χ2v) is 4.29. The minimum Gasteiger partial charge on any atom is -0.398 e. The Morgan fingerprint density at radius 2 is 2.00 bits per heavy atom. The zero-order valence-electron chi connectivity index (χ0n) is 9.65. The van der Waals surface area contributed by atoms with Gasteiger partial charge in [-0.1, -0.05) is 29.8 Å². The van der Waals surface area contributed by atoms with Crippen molar-refractivity contribution in [2.45, 2.75) is 6.54 Å². The largest absolute Gasteiger partial charge is 0.398 e. The number of hydrogen-bond acceptors (Lipinski definition) is 3. The van der Waals surface area contributed by atoms with Gasteiger partial charge in [0.1, 0.15) is 6.07 Å². The normalized spacial score (nSPS) is 9.78. The highest BCUT2D eigenvalue weighted by molar-refractivity contribution is 6.30. The van der Waals surface area contributed by atoms with Crippen molar-refractivity contribution in [3.63, 3.8) is 0 Å². The molecule has 0 spiro atoms. The molecule has 0 unspecified atom stereocenters. The lowest BCUT2D eigenvalue weighted by atomic mass is 10.1. The quantitative estimate of drug-likeness (QED) is 0.829. The van der Waals surface area contributed by atoms with Crippen LogP contribution in [0.25, 0.3) is 0 Å². The first kappa shape index (κ1) is 12.3. The van der Waals surface area contributed by atoms with Crippen LogP contribution in [0, 0.1) is 11.3 Å². The number of anilines is 2. The van der Waals surface area contributed by atoms with Crippen LogP contribution in [0.5, 0.6) is 0 Å². The molecule has 0 heterocycles. The second-order valence-electron chi connectivity index (χ2n) is 3.85. The van der Waals surface area contributed by atoms with Crippen LogP contribution >= 0.6 is 11.6 Å². The molecular weight excluding hydrogens is 246 g/mol. The monoisotopic (exact) mass is 257 g/mol. The van der Waals surface area contributed by atoms with Gasteiger partial charge in [-0.05, 0) is 29.8 Å². The highest BCUT2D eigenvalue weighted by atomic mass is 35.5. The molecule has 0 saturated heterocycles. The molecule has 2 rings (SSSR count). The molecule has 2 aromatic carbocycles. The molecule has 0 aliphatic heterocycles. The van der Waals surface area contributed by atoms with E-state index in [0.29, 0.717) is 17.1 Å². The van der Waals surface area contributed by atoms with Crippen LogP contribution in [-0.2, 0) is 6.54 Å². The van der Waals surface area contributed by atoms with Gasteiger partial charge in [0.2, 0.25) is 0 Å². The molecule has 90 valence electrons. The maximum atomic E-state index is 9.02. The molecular formula is C14H12ClN3. The summed E-state index contributed by atoms with van der Waals surface area (Å²) < 4.78 is 0. The van der Waals surface area contributed by atoms with E-state index in [9.17, 15) is 0 Å². The van der Waals surface area contributed by atoms with Crippen LogP contribution in [0.1, 0.15) is 11.1 Å². The van der Waals surface area contributed by atoms with Crippen LogP contribution < -0.4 is 11.1 Å². The molecule has 3 nitrogen and oxygen atoms in total. The number of halogens is 1. The summed E-state index contributed by atoms with van der Waals surface area (Å²) in [6.07, 6.45) is 0. The van der Waals surface area contributed by atoms with Crippen molar-refractivity contribution in [1.82, 2.24) is 0 Å². The third-order valence-corrected chi connectivity index (χ3v) is 2.86. The highest BCUT2D eigenvalue weighted by Crippen LogP contribution is 2.21. The maximum Gasteiger partial charge on any atom is 0.101 e. The summed E-state index contributed by atoms with van der Waals surface area (Å²) in [6.45, 7) is 0.572. The Morgan fingerprint density at radius 1 is 1.22 bits per heavy atom. The van der Waals surface area contributed by atoms with Crippen LogP contribution in [0.4, 0.5) is 11.4 Å². The Balaban J connectivity index is 2.16. The van der Waals surface area contributed by atoms with Crippen molar-refractivity contribution in [3.8, 4) is 6.07 Å². The number of nitriles is 1. The van der Waals surface area contributed by atoms with Gasteiger partial charge in [0, 0.05) is 17.3 Å². The average Bonchev–Trinajstić information content (AvgIpc) is 2.39. The van der Waals surface area contributed by atoms with E-state index in [-0.39, 0.29) is 0 Å². The fourth-order valence-corrected chi connectivity index (χ4v) is 1.82. The smallest absolute Gasteiger partial charge is 0.101 e. The number of rotatable bonds is 3. The third kappa shape index (κ3) is 2.73. The molecule has 0 aromatic heterocycles. The standard InChI is InChI=1S/C14H12ClN3/c15-12-5-6-14(11(7-12)8-16)18-9-10-3-1-2-4-13(10)17/h1-7,18H,9,17H2. The van der Waals surface area contributed by atoms with Crippen molar-refractivity contribution in [2.24, 2.45) is 0 Å². The van der Waals surface area contributed by atoms with Gasteiger partial charge in [0.25, 0.3) is 0 Å². The van der Waals surface area contributed by atoms with Crippen molar-refractivity contribution in [2.75, 3.05) is 11.1 Å². The van der Waals surface area contributed by atoms with Crippen LogP contribution in [-0.4, -0.2) is 0 Å². The Hall–Kier alpha value is -2.18. The molecule has 0 aliphatic rings. The minimum absolute atomic E-state index is 0.525.